The Kier molecular flexibility index (Phi) is 4.28. The Labute approximate surface area is 79.9 Å². The maximum atomic E-state index is 11.1. The molecule has 0 amide bonds. The molecular weight excluding hydrogens is 187 g/mol. The average molecular weight is 203 g/mol. The van der Waals surface area contributed by atoms with Gasteiger partial charge in [-0.2, -0.15) is 0 Å². The first-order valence-electron chi connectivity index (χ1n) is 4.02. The van der Waals surface area contributed by atoms with Crippen molar-refractivity contribution >= 4 is 13.8 Å². The van der Waals surface area contributed by atoms with Gasteiger partial charge in [-0.1, -0.05) is 11.1 Å². The van der Waals surface area contributed by atoms with Gasteiger partial charge < -0.3 is 4.74 Å². The molecule has 13 heavy (non-hydrogen) atoms. The van der Waals surface area contributed by atoms with Gasteiger partial charge in [-0.3, -0.25) is 0 Å². The summed E-state index contributed by atoms with van der Waals surface area (Å²) >= 11 is 0. The molecule has 4 heteroatoms. The molecule has 0 saturated carbocycles. The maximum absolute atomic E-state index is 11.1. The van der Waals surface area contributed by atoms with Crippen LogP contribution in [0.5, 0.6) is 0 Å². The highest BCUT2D eigenvalue weighted by Crippen LogP contribution is 2.25. The number of esters is 1. The number of hydrogen-bond donors (Lipinski definition) is 0. The molecule has 0 N–H and O–H groups in total. The van der Waals surface area contributed by atoms with Gasteiger partial charge in [0, 0.05) is 5.57 Å². The molecule has 0 spiro atoms. The number of carbonyl (C=O) groups is 1. The highest BCUT2D eigenvalue weighted by atomic mass is 31.1. The lowest BCUT2D eigenvalue weighted by molar-refractivity contribution is -0.149. The van der Waals surface area contributed by atoms with Gasteiger partial charge in [0.15, 0.2) is 11.8 Å². The Morgan fingerprint density at radius 2 is 2.00 bits per heavy atom. The van der Waals surface area contributed by atoms with Gasteiger partial charge in [-0.25, -0.2) is 4.79 Å². The first-order chi connectivity index (χ1) is 5.74. The lowest BCUT2D eigenvalue weighted by atomic mass is 10.2. The number of carbonyl (C=O) groups excluding carboxylic acids is 1. The fraction of sp³-hybridized carbons (Fsp3) is 0.667. The van der Waals surface area contributed by atoms with Gasteiger partial charge in [-0.05, 0) is 20.8 Å². The average Bonchev–Trinajstić information content (AvgIpc) is 1.81. The topological polar surface area (TPSA) is 43.4 Å². The molecule has 1 atom stereocenters. The predicted octanol–water partition coefficient (Wildman–Crippen LogP) is 2.34. The third kappa shape index (κ3) is 5.53. The Morgan fingerprint density at radius 3 is 2.31 bits per heavy atom. The molecule has 0 rings (SSSR count). The highest BCUT2D eigenvalue weighted by molar-refractivity contribution is 7.43. The van der Waals surface area contributed by atoms with Crippen molar-refractivity contribution < 1.29 is 14.1 Å². The lowest BCUT2D eigenvalue weighted by Gasteiger charge is -2.20. The van der Waals surface area contributed by atoms with Crippen LogP contribution in [0.2, 0.25) is 0 Å². The van der Waals surface area contributed by atoms with Crippen LogP contribution in [0.1, 0.15) is 20.8 Å². The van der Waals surface area contributed by atoms with E-state index in [-0.39, 0.29) is 0 Å². The fourth-order valence-corrected chi connectivity index (χ4v) is 2.04. The summed E-state index contributed by atoms with van der Waals surface area (Å²) < 4.78 is 16.0. The zero-order valence-corrected chi connectivity index (χ0v) is 9.48. The molecule has 0 aliphatic rings. The number of hydrogen-bond acceptors (Lipinski definition) is 3. The van der Waals surface area contributed by atoms with Crippen LogP contribution >= 0.6 is 7.80 Å². The minimum atomic E-state index is -1.30. The minimum absolute atomic E-state index is 0.361. The Morgan fingerprint density at radius 1 is 1.54 bits per heavy atom. The SMILES string of the molecule is C=C(C)C(=O)OC(C)(C)C[P+](C)=O. The molecule has 0 aliphatic heterocycles. The molecule has 0 radical (unpaired) electrons. The second kappa shape index (κ2) is 4.52. The van der Waals surface area contributed by atoms with E-state index in [1.165, 1.54) is 0 Å². The van der Waals surface area contributed by atoms with Crippen LogP contribution in [0.4, 0.5) is 0 Å². The third-order valence-corrected chi connectivity index (χ3v) is 2.53. The fourth-order valence-electron chi connectivity index (χ4n) is 0.907. The maximum Gasteiger partial charge on any atom is 0.339 e. The summed E-state index contributed by atoms with van der Waals surface area (Å²) in [5.41, 5.74) is -0.308. The second-order valence-electron chi connectivity index (χ2n) is 3.72. The minimum Gasteiger partial charge on any atom is -0.452 e. The van der Waals surface area contributed by atoms with E-state index in [9.17, 15) is 9.36 Å². The van der Waals surface area contributed by atoms with Gasteiger partial charge in [0.05, 0.1) is 0 Å². The van der Waals surface area contributed by atoms with E-state index in [1.54, 1.807) is 27.4 Å². The molecule has 0 aromatic carbocycles. The van der Waals surface area contributed by atoms with Crippen molar-refractivity contribution in [2.45, 2.75) is 26.4 Å². The first kappa shape index (κ1) is 12.3. The van der Waals surface area contributed by atoms with Crippen LogP contribution in [-0.4, -0.2) is 24.4 Å². The summed E-state index contributed by atoms with van der Waals surface area (Å²) in [6, 6.07) is 0. The quantitative estimate of drug-likeness (QED) is 0.400. The normalized spacial score (nSPS) is 12.2. The van der Waals surface area contributed by atoms with Crippen LogP contribution in [0.25, 0.3) is 0 Å². The van der Waals surface area contributed by atoms with E-state index < -0.39 is 19.4 Å². The zero-order chi connectivity index (χ0) is 10.6. The molecule has 0 heterocycles. The summed E-state index contributed by atoms with van der Waals surface area (Å²) in [4.78, 5) is 11.1. The van der Waals surface area contributed by atoms with E-state index in [4.69, 9.17) is 4.74 Å². The molecule has 1 unspecified atom stereocenters. The van der Waals surface area contributed by atoms with Gasteiger partial charge in [-0.15, -0.1) is 0 Å². The van der Waals surface area contributed by atoms with Crippen molar-refractivity contribution in [1.82, 2.24) is 0 Å². The summed E-state index contributed by atoms with van der Waals surface area (Å²) in [6.07, 6.45) is 0.376. The van der Waals surface area contributed by atoms with Crippen LogP contribution in [0.15, 0.2) is 12.2 Å². The standard InChI is InChI=1S/C9H16O3P/c1-7(2)8(10)12-9(3,4)6-13(5)11/h1,6H2,2-5H3/q+1. The summed E-state index contributed by atoms with van der Waals surface area (Å²) in [5.74, 6) is -0.429. The number of rotatable bonds is 4. The van der Waals surface area contributed by atoms with E-state index >= 15 is 0 Å². The molecule has 74 valence electrons. The van der Waals surface area contributed by atoms with Crippen molar-refractivity contribution in [1.29, 1.82) is 0 Å². The zero-order valence-electron chi connectivity index (χ0n) is 8.59. The third-order valence-electron chi connectivity index (χ3n) is 1.32. The monoisotopic (exact) mass is 203 g/mol. The molecule has 0 aromatic rings. The molecule has 3 nitrogen and oxygen atoms in total. The second-order valence-corrected chi connectivity index (χ2v) is 5.29. The van der Waals surface area contributed by atoms with Crippen LogP contribution in [0, 0.1) is 0 Å². The van der Waals surface area contributed by atoms with Gasteiger partial charge >= 0.3 is 13.8 Å². The largest absolute Gasteiger partial charge is 0.452 e. The molecule has 0 aromatic heterocycles. The van der Waals surface area contributed by atoms with Crippen molar-refractivity contribution in [2.75, 3.05) is 12.8 Å². The van der Waals surface area contributed by atoms with Crippen molar-refractivity contribution in [3.63, 3.8) is 0 Å². The Bertz CT molecular complexity index is 243. The van der Waals surface area contributed by atoms with Gasteiger partial charge in [0.2, 0.25) is 0 Å². The summed E-state index contributed by atoms with van der Waals surface area (Å²) in [7, 11) is -1.30. The molecule has 0 bridgehead atoms. The van der Waals surface area contributed by atoms with Crippen LogP contribution < -0.4 is 0 Å². The van der Waals surface area contributed by atoms with Gasteiger partial charge in [0.25, 0.3) is 0 Å². The van der Waals surface area contributed by atoms with Crippen LogP contribution in [-0.2, 0) is 14.1 Å². The van der Waals surface area contributed by atoms with Crippen molar-refractivity contribution in [3.8, 4) is 0 Å². The molecular formula is C9H16O3P+. The van der Waals surface area contributed by atoms with Crippen molar-refractivity contribution in [2.24, 2.45) is 0 Å². The van der Waals surface area contributed by atoms with E-state index in [1.807, 2.05) is 0 Å². The predicted molar refractivity (Wildman–Crippen MR) is 53.4 cm³/mol. The van der Waals surface area contributed by atoms with Gasteiger partial charge in [0.1, 0.15) is 6.66 Å². The molecule has 0 aliphatic carbocycles. The Hall–Kier alpha value is -0.690. The number of ether oxygens (including phenoxy) is 1. The van der Waals surface area contributed by atoms with E-state index in [0.29, 0.717) is 11.7 Å². The summed E-state index contributed by atoms with van der Waals surface area (Å²) in [6.45, 7) is 10.2. The smallest absolute Gasteiger partial charge is 0.339 e. The van der Waals surface area contributed by atoms with E-state index in [2.05, 4.69) is 6.58 Å². The molecule has 0 saturated heterocycles. The van der Waals surface area contributed by atoms with Crippen molar-refractivity contribution in [3.05, 3.63) is 12.2 Å². The van der Waals surface area contributed by atoms with Crippen LogP contribution in [0.3, 0.4) is 0 Å². The molecule has 0 fully saturated rings. The lowest BCUT2D eigenvalue weighted by Crippen LogP contribution is -2.30. The first-order valence-corrected chi connectivity index (χ1v) is 5.91. The summed E-state index contributed by atoms with van der Waals surface area (Å²) in [5, 5.41) is 0. The Balaban J connectivity index is 4.24. The highest BCUT2D eigenvalue weighted by Gasteiger charge is 2.30. The van der Waals surface area contributed by atoms with E-state index in [0.717, 1.165) is 0 Å².